The number of benzene rings is 3. The molecule has 2 saturated heterocycles. The SMILES string of the molecule is COC(=O)N[C@H](C(=O)N1[C@@H]2C[C@@H]2C[C@H]1c1nc(-c2ccc3cc(-c4ccc(-c5c[nH]c([C@@H]6C[C@H]7C[C@H]7N6C(=O)[C@H](C6CCC(F)(F)CC6)N(C)C(=O)O)n5)cc4)ccc3c2)c[nH]1)C1CCC(F)(F)CC1. The molecule has 3 aromatic carbocycles. The van der Waals surface area contributed by atoms with Crippen molar-refractivity contribution in [2.75, 3.05) is 14.2 Å². The monoisotopic (exact) mass is 964 g/mol. The van der Waals surface area contributed by atoms with Gasteiger partial charge in [-0.25, -0.2) is 37.1 Å². The average molecular weight is 965 g/mol. The van der Waals surface area contributed by atoms with E-state index in [0.29, 0.717) is 29.7 Å². The second kappa shape index (κ2) is 17.4. The van der Waals surface area contributed by atoms with Gasteiger partial charge in [-0.05, 0) is 109 Å². The number of fused-ring (bicyclic) bond motifs is 3. The molecule has 4 N–H and O–H groups in total. The van der Waals surface area contributed by atoms with Crippen molar-refractivity contribution in [2.45, 2.75) is 125 Å². The highest BCUT2D eigenvalue weighted by Gasteiger charge is 2.59. The van der Waals surface area contributed by atoms with Crippen LogP contribution in [0.2, 0.25) is 0 Å². The van der Waals surface area contributed by atoms with Crippen LogP contribution in [0.15, 0.2) is 73.1 Å². The number of methoxy groups -OCH3 is 1. The smallest absolute Gasteiger partial charge is 0.407 e. The minimum Gasteiger partial charge on any atom is -0.465 e. The van der Waals surface area contributed by atoms with Crippen LogP contribution in [0, 0.1) is 23.7 Å². The van der Waals surface area contributed by atoms with E-state index >= 15 is 0 Å². The third-order valence-electron chi connectivity index (χ3n) is 16.3. The first kappa shape index (κ1) is 46.0. The van der Waals surface area contributed by atoms with Gasteiger partial charge in [-0.1, -0.05) is 48.5 Å². The number of likely N-dealkylation sites (tertiary alicyclic amines) is 2. The fourth-order valence-corrected chi connectivity index (χ4v) is 12.2. The van der Waals surface area contributed by atoms with Gasteiger partial charge < -0.3 is 34.9 Å². The number of nitrogens with zero attached hydrogens (tertiary/aromatic N) is 5. The van der Waals surface area contributed by atoms with Crippen LogP contribution >= 0.6 is 0 Å². The molecule has 70 heavy (non-hydrogen) atoms. The maximum atomic E-state index is 14.3. The summed E-state index contributed by atoms with van der Waals surface area (Å²) in [6, 6.07) is 17.7. The van der Waals surface area contributed by atoms with E-state index in [4.69, 9.17) is 14.7 Å². The molecule has 11 rings (SSSR count). The molecule has 14 nitrogen and oxygen atoms in total. The van der Waals surface area contributed by atoms with Crippen molar-refractivity contribution in [1.82, 2.24) is 40.0 Å². The second-order valence-corrected chi connectivity index (χ2v) is 20.7. The zero-order valence-corrected chi connectivity index (χ0v) is 38.9. The molecule has 18 heteroatoms. The molecule has 4 aliphatic carbocycles. The van der Waals surface area contributed by atoms with E-state index in [1.165, 1.54) is 14.2 Å². The first-order chi connectivity index (χ1) is 33.5. The number of likely N-dealkylation sites (N-methyl/N-ethyl adjacent to an activating group) is 1. The molecule has 4 amide bonds. The summed E-state index contributed by atoms with van der Waals surface area (Å²) in [6.45, 7) is 0. The van der Waals surface area contributed by atoms with Crippen molar-refractivity contribution < 1.29 is 46.6 Å². The Bertz CT molecular complexity index is 2830. The van der Waals surface area contributed by atoms with Crippen molar-refractivity contribution in [3.63, 3.8) is 0 Å². The van der Waals surface area contributed by atoms with Gasteiger partial charge in [-0.15, -0.1) is 0 Å². The highest BCUT2D eigenvalue weighted by atomic mass is 19.3. The number of rotatable bonds is 11. The lowest BCUT2D eigenvalue weighted by atomic mass is 9.81. The van der Waals surface area contributed by atoms with E-state index in [1.54, 1.807) is 4.90 Å². The number of carboxylic acid groups (broad SMARTS) is 1. The number of amides is 4. The first-order valence-electron chi connectivity index (χ1n) is 24.5. The van der Waals surface area contributed by atoms with Gasteiger partial charge in [0.15, 0.2) is 0 Å². The number of alkyl halides is 4. The van der Waals surface area contributed by atoms with Gasteiger partial charge in [0.1, 0.15) is 23.7 Å². The van der Waals surface area contributed by atoms with Crippen LogP contribution < -0.4 is 5.32 Å². The molecule has 4 heterocycles. The number of hydrogen-bond donors (Lipinski definition) is 4. The molecule has 0 bridgehead atoms. The summed E-state index contributed by atoms with van der Waals surface area (Å²) < 4.78 is 61.3. The number of aromatic amines is 2. The van der Waals surface area contributed by atoms with Crippen molar-refractivity contribution in [2.24, 2.45) is 23.7 Å². The quantitative estimate of drug-likeness (QED) is 0.0946. The standard InChI is InChI=1S/C52H56F4N8O6/c1-62(50(68)69)44(30-13-17-52(55,56)18-14-30)48(66)64-40-22-36(40)24-42(64)46-57-25-37(59-46)28-5-3-27(4-6-28)31-7-8-33-20-34(10-9-32(33)19-31)38-26-58-45(60-38)41-23-35-21-39(35)63(41)47(65)43(61-49(67)70-2)29-11-15-51(53,54)16-12-29/h3-10,19-20,25-26,29-30,35-36,39-44H,11-18,21-24H2,1-2H3,(H,57,59)(H,58,60)(H,61,67)(H,68,69)/t35-,36-,39-,40-,41+,42+,43+,44+/m1/s1. The zero-order valence-electron chi connectivity index (χ0n) is 38.9. The predicted octanol–water partition coefficient (Wildman–Crippen LogP) is 9.96. The molecule has 2 aromatic heterocycles. The Kier molecular flexibility index (Phi) is 11.4. The van der Waals surface area contributed by atoms with E-state index in [1.807, 2.05) is 47.6 Å². The molecule has 2 aliphatic heterocycles. The van der Waals surface area contributed by atoms with Crippen LogP contribution in [0.3, 0.4) is 0 Å². The van der Waals surface area contributed by atoms with Crippen LogP contribution in [0.1, 0.15) is 101 Å². The molecule has 4 saturated carbocycles. The number of imidazole rings is 2. The van der Waals surface area contributed by atoms with Crippen LogP contribution in [0.5, 0.6) is 0 Å². The predicted molar refractivity (Wildman–Crippen MR) is 249 cm³/mol. The van der Waals surface area contributed by atoms with E-state index in [2.05, 4.69) is 45.6 Å². The van der Waals surface area contributed by atoms with Crippen molar-refractivity contribution >= 4 is 34.8 Å². The summed E-state index contributed by atoms with van der Waals surface area (Å²) in [5.74, 6) is -5.27. The summed E-state index contributed by atoms with van der Waals surface area (Å²) >= 11 is 0. The van der Waals surface area contributed by atoms with E-state index < -0.39 is 48.0 Å². The minimum absolute atomic E-state index is 0.00636. The normalized spacial score (nSPS) is 26.5. The number of nitrogens with one attached hydrogen (secondary N) is 3. The third-order valence-corrected chi connectivity index (χ3v) is 16.3. The summed E-state index contributed by atoms with van der Waals surface area (Å²) in [6.07, 6.45) is 3.74. The van der Waals surface area contributed by atoms with Gasteiger partial charge in [-0.3, -0.25) is 14.5 Å². The maximum Gasteiger partial charge on any atom is 0.407 e. The number of halogens is 4. The lowest BCUT2D eigenvalue weighted by Gasteiger charge is -2.39. The molecular formula is C52H56F4N8O6. The number of H-pyrrole nitrogens is 2. The highest BCUT2D eigenvalue weighted by molar-refractivity contribution is 5.91. The number of carbonyl (C=O) groups excluding carboxylic acids is 3. The lowest BCUT2D eigenvalue weighted by molar-refractivity contribution is -0.142. The van der Waals surface area contributed by atoms with Crippen LogP contribution in [0.25, 0.3) is 44.4 Å². The first-order valence-corrected chi connectivity index (χ1v) is 24.5. The van der Waals surface area contributed by atoms with E-state index in [9.17, 15) is 41.8 Å². The van der Waals surface area contributed by atoms with Gasteiger partial charge in [0.25, 0.3) is 0 Å². The minimum atomic E-state index is -2.80. The molecule has 368 valence electrons. The number of hydrogen-bond acceptors (Lipinski definition) is 7. The van der Waals surface area contributed by atoms with Crippen LogP contribution in [-0.2, 0) is 14.3 Å². The topological polar surface area (TPSA) is 177 Å². The lowest BCUT2D eigenvalue weighted by Crippen LogP contribution is -2.54. The Morgan fingerprint density at radius 3 is 1.70 bits per heavy atom. The molecule has 0 unspecified atom stereocenters. The Labute approximate surface area is 401 Å². The van der Waals surface area contributed by atoms with Gasteiger partial charge in [-0.2, -0.15) is 0 Å². The summed E-state index contributed by atoms with van der Waals surface area (Å²) in [7, 11) is 2.58. The number of alkyl carbamates (subject to hydrolysis) is 1. The molecule has 8 atom stereocenters. The highest BCUT2D eigenvalue weighted by Crippen LogP contribution is 2.55. The van der Waals surface area contributed by atoms with Gasteiger partial charge in [0, 0.05) is 68.3 Å². The number of ether oxygens (including phenoxy) is 1. The third kappa shape index (κ3) is 8.64. The van der Waals surface area contributed by atoms with E-state index in [-0.39, 0.29) is 93.3 Å². The van der Waals surface area contributed by atoms with Gasteiger partial charge >= 0.3 is 12.2 Å². The van der Waals surface area contributed by atoms with Crippen molar-refractivity contribution in [1.29, 1.82) is 0 Å². The zero-order chi connectivity index (χ0) is 48.8. The average Bonchev–Trinajstić information content (AvgIpc) is 3.93. The Balaban J connectivity index is 0.765. The molecule has 5 aromatic rings. The Morgan fingerprint density at radius 1 is 0.686 bits per heavy atom. The molecule has 6 fully saturated rings. The Morgan fingerprint density at radius 2 is 1.16 bits per heavy atom. The molecular weight excluding hydrogens is 909 g/mol. The number of aromatic nitrogens is 4. The summed E-state index contributed by atoms with van der Waals surface area (Å²) in [5.41, 5.74) is 5.21. The van der Waals surface area contributed by atoms with Gasteiger partial charge in [0.2, 0.25) is 23.7 Å². The van der Waals surface area contributed by atoms with Crippen LogP contribution in [0.4, 0.5) is 27.2 Å². The maximum absolute atomic E-state index is 14.3. The number of piperidine rings is 2. The fraction of sp³-hybridized carbons (Fsp3) is 0.500. The van der Waals surface area contributed by atoms with Gasteiger partial charge in [0.05, 0.1) is 30.6 Å². The Hall–Kier alpha value is -6.46. The summed E-state index contributed by atoms with van der Waals surface area (Å²) in [5, 5.41) is 14.7. The van der Waals surface area contributed by atoms with Crippen LogP contribution in [-0.4, -0.2) is 114 Å². The summed E-state index contributed by atoms with van der Waals surface area (Å²) in [4.78, 5) is 74.3. The van der Waals surface area contributed by atoms with Crippen molar-refractivity contribution in [3.05, 3.63) is 84.7 Å². The second-order valence-electron chi connectivity index (χ2n) is 20.7. The molecule has 6 aliphatic rings. The fourth-order valence-electron chi connectivity index (χ4n) is 12.2. The largest absolute Gasteiger partial charge is 0.465 e. The van der Waals surface area contributed by atoms with Crippen molar-refractivity contribution in [3.8, 4) is 33.6 Å². The van der Waals surface area contributed by atoms with E-state index in [0.717, 1.165) is 62.9 Å². The molecule has 0 spiro atoms. The number of carbonyl (C=O) groups is 4. The molecule has 0 radical (unpaired) electrons.